The molecule has 3 aromatic rings. The Bertz CT molecular complexity index is 813. The zero-order chi connectivity index (χ0) is 14.9. The van der Waals surface area contributed by atoms with Gasteiger partial charge in [-0.3, -0.25) is 5.10 Å². The van der Waals surface area contributed by atoms with Crippen LogP contribution in [0.1, 0.15) is 40.4 Å². The fourth-order valence-corrected chi connectivity index (χ4v) is 3.38. The molecule has 0 amide bonds. The molecule has 4 rings (SSSR count). The van der Waals surface area contributed by atoms with Crippen molar-refractivity contribution in [3.63, 3.8) is 0 Å². The Balaban J connectivity index is 1.85. The fourth-order valence-electron chi connectivity index (χ4n) is 3.38. The van der Waals surface area contributed by atoms with Gasteiger partial charge < -0.3 is 0 Å². The van der Waals surface area contributed by atoms with Crippen LogP contribution in [0.3, 0.4) is 0 Å². The van der Waals surface area contributed by atoms with Crippen molar-refractivity contribution in [2.75, 3.05) is 0 Å². The Labute approximate surface area is 130 Å². The summed E-state index contributed by atoms with van der Waals surface area (Å²) in [6.45, 7) is 2.11. The van der Waals surface area contributed by atoms with E-state index in [1.54, 1.807) is 0 Å². The maximum atomic E-state index is 4.51. The third kappa shape index (κ3) is 2.17. The molecule has 1 aromatic heterocycles. The third-order valence-electron chi connectivity index (χ3n) is 4.45. The van der Waals surface area contributed by atoms with Crippen molar-refractivity contribution >= 4 is 11.6 Å². The molecule has 2 aromatic carbocycles. The molecule has 1 aliphatic carbocycles. The van der Waals surface area contributed by atoms with Gasteiger partial charge in [-0.05, 0) is 36.1 Å². The van der Waals surface area contributed by atoms with Crippen LogP contribution in [-0.2, 0) is 0 Å². The summed E-state index contributed by atoms with van der Waals surface area (Å²) in [5, 5.41) is 7.66. The number of fused-ring (bicyclic) bond motifs is 1. The molecule has 0 unspecified atom stereocenters. The lowest BCUT2D eigenvalue weighted by atomic mass is 9.79. The predicted octanol–water partition coefficient (Wildman–Crippen LogP) is 4.79. The minimum atomic E-state index is 0.371. The lowest BCUT2D eigenvalue weighted by molar-refractivity contribution is 0.824. The van der Waals surface area contributed by atoms with Gasteiger partial charge in [0, 0.05) is 17.2 Å². The first-order valence-electron chi connectivity index (χ1n) is 7.69. The zero-order valence-electron chi connectivity index (χ0n) is 12.6. The van der Waals surface area contributed by atoms with Crippen LogP contribution in [-0.4, -0.2) is 10.2 Å². The van der Waals surface area contributed by atoms with Gasteiger partial charge in [0.15, 0.2) is 0 Å². The number of aromatic nitrogens is 2. The van der Waals surface area contributed by atoms with Crippen LogP contribution in [0.4, 0.5) is 0 Å². The molecule has 1 N–H and O–H groups in total. The van der Waals surface area contributed by atoms with Crippen molar-refractivity contribution in [3.8, 4) is 0 Å². The van der Waals surface area contributed by atoms with Crippen LogP contribution in [0.15, 0.2) is 60.7 Å². The molecule has 0 saturated heterocycles. The van der Waals surface area contributed by atoms with Gasteiger partial charge in [-0.1, -0.05) is 60.7 Å². The summed E-state index contributed by atoms with van der Waals surface area (Å²) in [6.07, 6.45) is 3.25. The molecular formula is C20H18N2. The molecule has 0 bridgehead atoms. The zero-order valence-corrected chi connectivity index (χ0v) is 12.6. The van der Waals surface area contributed by atoms with E-state index < -0.39 is 0 Å². The van der Waals surface area contributed by atoms with E-state index in [0.717, 1.165) is 12.1 Å². The molecule has 22 heavy (non-hydrogen) atoms. The van der Waals surface area contributed by atoms with Gasteiger partial charge in [-0.15, -0.1) is 0 Å². The van der Waals surface area contributed by atoms with Crippen molar-refractivity contribution in [1.82, 2.24) is 10.2 Å². The summed E-state index contributed by atoms with van der Waals surface area (Å²) in [7, 11) is 0. The van der Waals surface area contributed by atoms with Crippen LogP contribution in [0.25, 0.3) is 11.6 Å². The average molecular weight is 286 g/mol. The Morgan fingerprint density at radius 2 is 1.64 bits per heavy atom. The molecule has 0 radical (unpaired) electrons. The smallest absolute Gasteiger partial charge is 0.0892 e. The largest absolute Gasteiger partial charge is 0.282 e. The van der Waals surface area contributed by atoms with Crippen LogP contribution in [0.5, 0.6) is 0 Å². The molecule has 1 aliphatic rings. The van der Waals surface area contributed by atoms with Gasteiger partial charge in [0.1, 0.15) is 0 Å². The van der Waals surface area contributed by atoms with E-state index in [1.807, 2.05) is 0 Å². The van der Waals surface area contributed by atoms with Gasteiger partial charge >= 0.3 is 0 Å². The number of allylic oxidation sites excluding steroid dienone is 1. The van der Waals surface area contributed by atoms with E-state index >= 15 is 0 Å². The van der Waals surface area contributed by atoms with Crippen LogP contribution in [0, 0.1) is 6.92 Å². The van der Waals surface area contributed by atoms with Gasteiger partial charge in [0.05, 0.1) is 5.69 Å². The maximum Gasteiger partial charge on any atom is 0.0892 e. The SMILES string of the molecule is Cc1[nH]nc2c1[C@H](c1ccccc1)CC(c1ccccc1)=C2. The molecule has 2 nitrogen and oxygen atoms in total. The van der Waals surface area contributed by atoms with Crippen molar-refractivity contribution < 1.29 is 0 Å². The van der Waals surface area contributed by atoms with E-state index in [0.29, 0.717) is 5.92 Å². The number of hydrogen-bond acceptors (Lipinski definition) is 1. The number of nitrogens with one attached hydrogen (secondary N) is 1. The summed E-state index contributed by atoms with van der Waals surface area (Å²) < 4.78 is 0. The van der Waals surface area contributed by atoms with Crippen molar-refractivity contribution in [2.24, 2.45) is 0 Å². The molecule has 0 spiro atoms. The second kappa shape index (κ2) is 5.30. The molecule has 0 saturated carbocycles. The number of H-pyrrole nitrogens is 1. The van der Waals surface area contributed by atoms with E-state index in [1.165, 1.54) is 28.0 Å². The number of benzene rings is 2. The molecular weight excluding hydrogens is 268 g/mol. The highest BCUT2D eigenvalue weighted by Crippen LogP contribution is 2.42. The highest BCUT2D eigenvalue weighted by Gasteiger charge is 2.27. The van der Waals surface area contributed by atoms with Gasteiger partial charge in [0.2, 0.25) is 0 Å². The number of nitrogens with zero attached hydrogens (tertiary/aromatic N) is 1. The monoisotopic (exact) mass is 286 g/mol. The van der Waals surface area contributed by atoms with Crippen molar-refractivity contribution in [2.45, 2.75) is 19.3 Å². The molecule has 0 aliphatic heterocycles. The lowest BCUT2D eigenvalue weighted by Gasteiger charge is -2.24. The van der Waals surface area contributed by atoms with Crippen LogP contribution in [0.2, 0.25) is 0 Å². The molecule has 1 heterocycles. The summed E-state index contributed by atoms with van der Waals surface area (Å²) in [6, 6.07) is 21.4. The summed E-state index contributed by atoms with van der Waals surface area (Å²) in [4.78, 5) is 0. The molecule has 1 atom stereocenters. The van der Waals surface area contributed by atoms with E-state index in [9.17, 15) is 0 Å². The second-order valence-electron chi connectivity index (χ2n) is 5.85. The standard InChI is InChI=1S/C20H18N2/c1-14-20-18(16-10-6-3-7-11-16)12-17(13-19(20)22-21-14)15-8-4-2-5-9-15/h2-11,13,18H,12H2,1H3,(H,21,22)/t18-/m0/s1. The van der Waals surface area contributed by atoms with E-state index in [2.05, 4.69) is 83.9 Å². The first kappa shape index (κ1) is 13.1. The number of aryl methyl sites for hydroxylation is 1. The van der Waals surface area contributed by atoms with Crippen molar-refractivity contribution in [1.29, 1.82) is 0 Å². The van der Waals surface area contributed by atoms with E-state index in [-0.39, 0.29) is 0 Å². The highest BCUT2D eigenvalue weighted by molar-refractivity contribution is 5.84. The van der Waals surface area contributed by atoms with Crippen LogP contribution < -0.4 is 0 Å². The predicted molar refractivity (Wildman–Crippen MR) is 90.5 cm³/mol. The number of hydrogen-bond donors (Lipinski definition) is 1. The van der Waals surface area contributed by atoms with Gasteiger partial charge in [-0.2, -0.15) is 5.10 Å². The summed E-state index contributed by atoms with van der Waals surface area (Å²) >= 11 is 0. The second-order valence-corrected chi connectivity index (χ2v) is 5.85. The average Bonchev–Trinajstić information content (AvgIpc) is 2.97. The maximum absolute atomic E-state index is 4.51. The summed E-state index contributed by atoms with van der Waals surface area (Å²) in [5.74, 6) is 0.371. The first-order chi connectivity index (χ1) is 10.8. The van der Waals surface area contributed by atoms with Gasteiger partial charge in [-0.25, -0.2) is 0 Å². The van der Waals surface area contributed by atoms with E-state index in [4.69, 9.17) is 0 Å². The first-order valence-corrected chi connectivity index (χ1v) is 7.69. The van der Waals surface area contributed by atoms with Crippen molar-refractivity contribution in [3.05, 3.63) is 88.7 Å². The summed E-state index contributed by atoms with van der Waals surface area (Å²) in [5.41, 5.74) is 7.59. The topological polar surface area (TPSA) is 28.7 Å². The Morgan fingerprint density at radius 1 is 0.955 bits per heavy atom. The number of aromatic amines is 1. The molecule has 0 fully saturated rings. The molecule has 108 valence electrons. The Kier molecular flexibility index (Phi) is 3.15. The fraction of sp³-hybridized carbons (Fsp3) is 0.150. The normalized spacial score (nSPS) is 17.0. The lowest BCUT2D eigenvalue weighted by Crippen LogP contribution is -2.08. The third-order valence-corrected chi connectivity index (χ3v) is 4.45. The minimum Gasteiger partial charge on any atom is -0.282 e. The number of rotatable bonds is 2. The molecule has 2 heteroatoms. The Morgan fingerprint density at radius 3 is 2.36 bits per heavy atom. The van der Waals surface area contributed by atoms with Crippen LogP contribution >= 0.6 is 0 Å². The Hall–Kier alpha value is -2.61. The quantitative estimate of drug-likeness (QED) is 0.720. The minimum absolute atomic E-state index is 0.371. The van der Waals surface area contributed by atoms with Gasteiger partial charge in [0.25, 0.3) is 0 Å². The highest BCUT2D eigenvalue weighted by atomic mass is 15.1.